The third kappa shape index (κ3) is 3.35. The van der Waals surface area contributed by atoms with E-state index in [1.165, 1.54) is 44.3 Å². The lowest BCUT2D eigenvalue weighted by molar-refractivity contribution is 0.0681. The molecule has 130 valence electrons. The monoisotopic (exact) mass is 327 g/mol. The van der Waals surface area contributed by atoms with Crippen LogP contribution in [0.4, 0.5) is 0 Å². The third-order valence-corrected chi connectivity index (χ3v) is 6.10. The molecule has 0 aromatic heterocycles. The molecule has 4 rings (SSSR count). The van der Waals surface area contributed by atoms with E-state index in [0.29, 0.717) is 18.1 Å². The number of piperidine rings is 1. The van der Waals surface area contributed by atoms with Gasteiger partial charge in [0, 0.05) is 37.3 Å². The summed E-state index contributed by atoms with van der Waals surface area (Å²) in [6, 6.07) is 9.89. The fourth-order valence-electron chi connectivity index (χ4n) is 4.71. The van der Waals surface area contributed by atoms with Crippen molar-refractivity contribution >= 4 is 5.91 Å². The van der Waals surface area contributed by atoms with Crippen LogP contribution < -0.4 is 5.32 Å². The molecule has 4 heteroatoms. The maximum absolute atomic E-state index is 13.0. The quantitative estimate of drug-likeness (QED) is 0.923. The lowest BCUT2D eigenvalue weighted by atomic mass is 9.97. The molecule has 2 atom stereocenters. The Labute approximate surface area is 145 Å². The average molecular weight is 327 g/mol. The molecule has 2 bridgehead atoms. The number of carbonyl (C=O) groups is 1. The summed E-state index contributed by atoms with van der Waals surface area (Å²) in [4.78, 5) is 17.4. The lowest BCUT2D eigenvalue weighted by Crippen LogP contribution is -2.48. The fourth-order valence-corrected chi connectivity index (χ4v) is 4.71. The summed E-state index contributed by atoms with van der Waals surface area (Å²) < 4.78 is 0. The Balaban J connectivity index is 1.43. The summed E-state index contributed by atoms with van der Waals surface area (Å²) in [5.74, 6) is 0.185. The minimum atomic E-state index is 0.185. The van der Waals surface area contributed by atoms with Gasteiger partial charge in [-0.3, -0.25) is 9.69 Å². The van der Waals surface area contributed by atoms with Gasteiger partial charge in [0.2, 0.25) is 0 Å². The number of nitrogens with one attached hydrogen (secondary N) is 1. The number of fused-ring (bicyclic) bond motifs is 2. The first-order valence-corrected chi connectivity index (χ1v) is 9.53. The van der Waals surface area contributed by atoms with E-state index in [9.17, 15) is 4.79 Å². The number of amides is 1. The van der Waals surface area contributed by atoms with Crippen molar-refractivity contribution < 1.29 is 4.79 Å². The second-order valence-electron chi connectivity index (χ2n) is 7.86. The molecule has 0 saturated carbocycles. The van der Waals surface area contributed by atoms with Crippen LogP contribution in [-0.4, -0.2) is 54.0 Å². The van der Waals surface area contributed by atoms with Crippen LogP contribution in [0.2, 0.25) is 0 Å². The largest absolute Gasteiger partial charge is 0.339 e. The van der Waals surface area contributed by atoms with Crippen LogP contribution in [-0.2, 0) is 6.54 Å². The highest BCUT2D eigenvalue weighted by atomic mass is 16.2. The molecular weight excluding hydrogens is 298 g/mol. The first kappa shape index (κ1) is 16.1. The zero-order valence-corrected chi connectivity index (χ0v) is 14.7. The van der Waals surface area contributed by atoms with Crippen molar-refractivity contribution in [3.63, 3.8) is 0 Å². The number of likely N-dealkylation sites (tertiary alicyclic amines) is 1. The molecule has 2 unspecified atom stereocenters. The van der Waals surface area contributed by atoms with E-state index in [1.807, 2.05) is 24.1 Å². The predicted octanol–water partition coefficient (Wildman–Crippen LogP) is 2.64. The Hall–Kier alpha value is -1.39. The van der Waals surface area contributed by atoms with E-state index >= 15 is 0 Å². The minimum Gasteiger partial charge on any atom is -0.339 e. The molecule has 3 heterocycles. The van der Waals surface area contributed by atoms with Crippen molar-refractivity contribution in [2.45, 2.75) is 63.2 Å². The fraction of sp³-hybridized carbons (Fsp3) is 0.650. The first-order valence-electron chi connectivity index (χ1n) is 9.53. The average Bonchev–Trinajstić information content (AvgIpc) is 3.23. The van der Waals surface area contributed by atoms with Gasteiger partial charge in [-0.05, 0) is 69.3 Å². The van der Waals surface area contributed by atoms with E-state index in [1.54, 1.807) is 0 Å². The first-order chi connectivity index (χ1) is 11.7. The molecule has 3 aliphatic heterocycles. The summed E-state index contributed by atoms with van der Waals surface area (Å²) in [6.45, 7) is 3.36. The van der Waals surface area contributed by atoms with E-state index < -0.39 is 0 Å². The third-order valence-electron chi connectivity index (χ3n) is 6.10. The number of hydrogen-bond acceptors (Lipinski definition) is 3. The lowest BCUT2D eigenvalue weighted by Gasteiger charge is -2.35. The topological polar surface area (TPSA) is 35.6 Å². The second kappa shape index (κ2) is 6.85. The Morgan fingerprint density at radius 1 is 1.21 bits per heavy atom. The minimum absolute atomic E-state index is 0.185. The molecule has 3 fully saturated rings. The number of rotatable bonds is 4. The summed E-state index contributed by atoms with van der Waals surface area (Å²) >= 11 is 0. The highest BCUT2D eigenvalue weighted by Gasteiger charge is 2.36. The van der Waals surface area contributed by atoms with Crippen molar-refractivity contribution in [2.75, 3.05) is 20.1 Å². The molecular formula is C20H29N3O. The van der Waals surface area contributed by atoms with Crippen LogP contribution in [0.25, 0.3) is 0 Å². The standard InChI is InChI=1S/C20H29N3O/c1-22(19-12-17-7-8-18(13-19)21-17)20(24)16-6-4-5-15(11-16)14-23-9-2-3-10-23/h4-6,11,17-19,21H,2-3,7-10,12-14H2,1H3. The highest BCUT2D eigenvalue weighted by molar-refractivity contribution is 5.94. The van der Waals surface area contributed by atoms with Gasteiger partial charge in [0.15, 0.2) is 0 Å². The molecule has 0 radical (unpaired) electrons. The highest BCUT2D eigenvalue weighted by Crippen LogP contribution is 2.30. The summed E-state index contributed by atoms with van der Waals surface area (Å²) in [5, 5.41) is 3.66. The normalized spacial score (nSPS) is 29.8. The zero-order chi connectivity index (χ0) is 16.5. The van der Waals surface area contributed by atoms with Crippen LogP contribution in [0, 0.1) is 0 Å². The molecule has 1 aromatic rings. The van der Waals surface area contributed by atoms with Crippen LogP contribution in [0.3, 0.4) is 0 Å². The summed E-state index contributed by atoms with van der Waals surface area (Å²) in [7, 11) is 1.99. The van der Waals surface area contributed by atoms with Gasteiger partial charge >= 0.3 is 0 Å². The predicted molar refractivity (Wildman–Crippen MR) is 96.0 cm³/mol. The van der Waals surface area contributed by atoms with Gasteiger partial charge in [0.25, 0.3) is 5.91 Å². The molecule has 0 spiro atoms. The van der Waals surface area contributed by atoms with Crippen LogP contribution in [0.1, 0.15) is 54.4 Å². The van der Waals surface area contributed by atoms with E-state index in [-0.39, 0.29) is 5.91 Å². The van der Waals surface area contributed by atoms with Gasteiger partial charge in [0.1, 0.15) is 0 Å². The number of hydrogen-bond donors (Lipinski definition) is 1. The van der Waals surface area contributed by atoms with E-state index in [2.05, 4.69) is 22.3 Å². The molecule has 1 amide bonds. The summed E-state index contributed by atoms with van der Waals surface area (Å²) in [5.41, 5.74) is 2.11. The smallest absolute Gasteiger partial charge is 0.253 e. The van der Waals surface area contributed by atoms with Gasteiger partial charge in [-0.25, -0.2) is 0 Å². The van der Waals surface area contributed by atoms with Crippen molar-refractivity contribution in [1.82, 2.24) is 15.1 Å². The Bertz CT molecular complexity index is 584. The summed E-state index contributed by atoms with van der Waals surface area (Å²) in [6.07, 6.45) is 7.36. The zero-order valence-electron chi connectivity index (χ0n) is 14.7. The van der Waals surface area contributed by atoms with Crippen LogP contribution in [0.15, 0.2) is 24.3 Å². The van der Waals surface area contributed by atoms with Gasteiger partial charge < -0.3 is 10.2 Å². The number of carbonyl (C=O) groups excluding carboxylic acids is 1. The van der Waals surface area contributed by atoms with Crippen LogP contribution in [0.5, 0.6) is 0 Å². The van der Waals surface area contributed by atoms with Gasteiger partial charge in [0.05, 0.1) is 0 Å². The molecule has 0 aliphatic carbocycles. The second-order valence-corrected chi connectivity index (χ2v) is 7.86. The molecule has 1 aromatic carbocycles. The molecule has 24 heavy (non-hydrogen) atoms. The van der Waals surface area contributed by atoms with Gasteiger partial charge in [-0.2, -0.15) is 0 Å². The number of nitrogens with zero attached hydrogens (tertiary/aromatic N) is 2. The Morgan fingerprint density at radius 2 is 1.92 bits per heavy atom. The van der Waals surface area contributed by atoms with Gasteiger partial charge in [-0.1, -0.05) is 12.1 Å². The molecule has 3 saturated heterocycles. The molecule has 3 aliphatic rings. The van der Waals surface area contributed by atoms with Gasteiger partial charge in [-0.15, -0.1) is 0 Å². The van der Waals surface area contributed by atoms with Crippen LogP contribution >= 0.6 is 0 Å². The van der Waals surface area contributed by atoms with Crippen molar-refractivity contribution in [2.24, 2.45) is 0 Å². The maximum Gasteiger partial charge on any atom is 0.253 e. The maximum atomic E-state index is 13.0. The van der Waals surface area contributed by atoms with Crippen molar-refractivity contribution in [3.05, 3.63) is 35.4 Å². The van der Waals surface area contributed by atoms with E-state index in [4.69, 9.17) is 0 Å². The SMILES string of the molecule is CN(C(=O)c1cccc(CN2CCCC2)c1)C1CC2CCC(C1)N2. The number of benzene rings is 1. The Morgan fingerprint density at radius 3 is 2.62 bits per heavy atom. The van der Waals surface area contributed by atoms with Crippen molar-refractivity contribution in [3.8, 4) is 0 Å². The molecule has 4 nitrogen and oxygen atoms in total. The molecule has 1 N–H and O–H groups in total. The van der Waals surface area contributed by atoms with Crippen molar-refractivity contribution in [1.29, 1.82) is 0 Å². The Kier molecular flexibility index (Phi) is 4.59. The van der Waals surface area contributed by atoms with E-state index in [0.717, 1.165) is 24.9 Å².